The molecule has 2 N–H and O–H groups in total. The summed E-state index contributed by atoms with van der Waals surface area (Å²) in [6, 6.07) is 7.24. The summed E-state index contributed by atoms with van der Waals surface area (Å²) in [6.07, 6.45) is 5.25. The molecule has 1 amide bonds. The Morgan fingerprint density at radius 3 is 2.41 bits per heavy atom. The Hall–Kier alpha value is -1.79. The molecule has 0 heterocycles. The normalized spacial score (nSPS) is 13.5. The highest BCUT2D eigenvalue weighted by atomic mass is 16.2. The molecule has 0 spiro atoms. The van der Waals surface area contributed by atoms with Crippen LogP contribution in [-0.4, -0.2) is 18.0 Å². The predicted octanol–water partition coefficient (Wildman–Crippen LogP) is 1.93. The first kappa shape index (κ1) is 13.3. The van der Waals surface area contributed by atoms with Crippen molar-refractivity contribution in [2.24, 2.45) is 0 Å². The fourth-order valence-corrected chi connectivity index (χ4v) is 1.39. The van der Waals surface area contributed by atoms with E-state index in [9.17, 15) is 4.79 Å². The van der Waals surface area contributed by atoms with Gasteiger partial charge in [-0.1, -0.05) is 23.6 Å². The van der Waals surface area contributed by atoms with Crippen LogP contribution in [0, 0.1) is 19.3 Å². The van der Waals surface area contributed by atoms with E-state index in [1.165, 1.54) is 0 Å². The molecule has 2 unspecified atom stereocenters. The molecule has 3 nitrogen and oxygen atoms in total. The number of nitrogens with one attached hydrogen (secondary N) is 2. The maximum Gasteiger partial charge on any atom is 0.241 e. The van der Waals surface area contributed by atoms with Gasteiger partial charge in [0, 0.05) is 5.69 Å². The molecule has 0 saturated carbocycles. The van der Waals surface area contributed by atoms with Crippen LogP contribution in [0.1, 0.15) is 19.4 Å². The third kappa shape index (κ3) is 4.29. The first-order valence-corrected chi connectivity index (χ1v) is 5.62. The number of hydrogen-bond donors (Lipinski definition) is 2. The van der Waals surface area contributed by atoms with E-state index in [1.807, 2.05) is 38.1 Å². The Morgan fingerprint density at radius 2 is 1.88 bits per heavy atom. The van der Waals surface area contributed by atoms with Gasteiger partial charge in [-0.05, 0) is 32.9 Å². The maximum atomic E-state index is 11.8. The molecule has 0 bridgehead atoms. The maximum absolute atomic E-state index is 11.8. The molecule has 0 radical (unpaired) electrons. The minimum atomic E-state index is -0.317. The van der Waals surface area contributed by atoms with E-state index in [4.69, 9.17) is 6.42 Å². The van der Waals surface area contributed by atoms with Crippen molar-refractivity contribution in [1.29, 1.82) is 0 Å². The number of hydrogen-bond acceptors (Lipinski definition) is 2. The smallest absolute Gasteiger partial charge is 0.241 e. The lowest BCUT2D eigenvalue weighted by molar-refractivity contribution is -0.117. The number of rotatable bonds is 4. The fraction of sp³-hybridized carbons (Fsp3) is 0.357. The van der Waals surface area contributed by atoms with Crippen LogP contribution in [0.15, 0.2) is 24.3 Å². The minimum absolute atomic E-state index is 0.0871. The SMILES string of the molecule is C#CC(C)NC(C)C(=O)Nc1ccc(C)cc1. The number of benzene rings is 1. The summed E-state index contributed by atoms with van der Waals surface area (Å²) in [7, 11) is 0. The molecule has 0 aliphatic rings. The van der Waals surface area contributed by atoms with Gasteiger partial charge in [0.05, 0.1) is 12.1 Å². The zero-order chi connectivity index (χ0) is 12.8. The second kappa shape index (κ2) is 6.07. The van der Waals surface area contributed by atoms with Gasteiger partial charge in [0.2, 0.25) is 5.91 Å². The molecule has 1 aromatic rings. The van der Waals surface area contributed by atoms with Gasteiger partial charge in [-0.3, -0.25) is 10.1 Å². The molecule has 1 rings (SSSR count). The largest absolute Gasteiger partial charge is 0.325 e. The van der Waals surface area contributed by atoms with Crippen LogP contribution in [0.5, 0.6) is 0 Å². The number of carbonyl (C=O) groups excluding carboxylic acids is 1. The highest BCUT2D eigenvalue weighted by Gasteiger charge is 2.13. The summed E-state index contributed by atoms with van der Waals surface area (Å²) in [5.74, 6) is 2.44. The van der Waals surface area contributed by atoms with E-state index in [0.29, 0.717) is 0 Å². The van der Waals surface area contributed by atoms with Gasteiger partial charge in [0.25, 0.3) is 0 Å². The van der Waals surface area contributed by atoms with Gasteiger partial charge in [-0.25, -0.2) is 0 Å². The van der Waals surface area contributed by atoms with Gasteiger partial charge in [-0.2, -0.15) is 0 Å². The van der Waals surface area contributed by atoms with Gasteiger partial charge in [0.1, 0.15) is 0 Å². The zero-order valence-corrected chi connectivity index (χ0v) is 10.4. The van der Waals surface area contributed by atoms with Gasteiger partial charge in [0.15, 0.2) is 0 Å². The predicted molar refractivity (Wildman–Crippen MR) is 70.7 cm³/mol. The lowest BCUT2D eigenvalue weighted by atomic mass is 10.2. The van der Waals surface area contributed by atoms with Crippen LogP contribution in [0.25, 0.3) is 0 Å². The summed E-state index contributed by atoms with van der Waals surface area (Å²) < 4.78 is 0. The van der Waals surface area contributed by atoms with Crippen molar-refractivity contribution < 1.29 is 4.79 Å². The number of anilines is 1. The van der Waals surface area contributed by atoms with Crippen molar-refractivity contribution in [2.75, 3.05) is 5.32 Å². The molecule has 2 atom stereocenters. The molecule has 0 aliphatic heterocycles. The number of carbonyl (C=O) groups is 1. The lowest BCUT2D eigenvalue weighted by Crippen LogP contribution is -2.42. The first-order valence-electron chi connectivity index (χ1n) is 5.62. The number of terminal acetylenes is 1. The van der Waals surface area contributed by atoms with Crippen LogP contribution < -0.4 is 10.6 Å². The van der Waals surface area contributed by atoms with Crippen molar-refractivity contribution >= 4 is 11.6 Å². The number of aryl methyl sites for hydroxylation is 1. The molecule has 0 aliphatic carbocycles. The highest BCUT2D eigenvalue weighted by Crippen LogP contribution is 2.08. The molecule has 90 valence electrons. The molecule has 0 saturated heterocycles. The quantitative estimate of drug-likeness (QED) is 0.776. The summed E-state index contributed by atoms with van der Waals surface area (Å²) in [5, 5.41) is 5.84. The van der Waals surface area contributed by atoms with Gasteiger partial charge >= 0.3 is 0 Å². The number of amides is 1. The highest BCUT2D eigenvalue weighted by molar-refractivity contribution is 5.94. The van der Waals surface area contributed by atoms with Crippen LogP contribution >= 0.6 is 0 Å². The van der Waals surface area contributed by atoms with Crippen molar-refractivity contribution in [1.82, 2.24) is 5.32 Å². The molecule has 3 heteroatoms. The van der Waals surface area contributed by atoms with E-state index < -0.39 is 0 Å². The average Bonchev–Trinajstić information content (AvgIpc) is 2.31. The Kier molecular flexibility index (Phi) is 4.74. The van der Waals surface area contributed by atoms with Crippen molar-refractivity contribution in [3.63, 3.8) is 0 Å². The summed E-state index contributed by atoms with van der Waals surface area (Å²) in [5.41, 5.74) is 1.96. The molecule has 1 aromatic carbocycles. The van der Waals surface area contributed by atoms with Crippen molar-refractivity contribution in [3.8, 4) is 12.3 Å². The lowest BCUT2D eigenvalue weighted by Gasteiger charge is -2.16. The molecule has 0 fully saturated rings. The standard InChI is InChI=1S/C14H18N2O/c1-5-11(3)15-12(4)14(17)16-13-8-6-10(2)7-9-13/h1,6-9,11-12,15H,2-4H3,(H,16,17). The monoisotopic (exact) mass is 230 g/mol. The van der Waals surface area contributed by atoms with Crippen molar-refractivity contribution in [2.45, 2.75) is 32.9 Å². The summed E-state index contributed by atoms with van der Waals surface area (Å²) in [6.45, 7) is 5.64. The minimum Gasteiger partial charge on any atom is -0.325 e. The van der Waals surface area contributed by atoms with Crippen LogP contribution in [0.4, 0.5) is 5.69 Å². The van der Waals surface area contributed by atoms with E-state index in [0.717, 1.165) is 11.3 Å². The Labute approximate surface area is 103 Å². The average molecular weight is 230 g/mol. The van der Waals surface area contributed by atoms with Crippen LogP contribution in [0.3, 0.4) is 0 Å². The van der Waals surface area contributed by atoms with Crippen molar-refractivity contribution in [3.05, 3.63) is 29.8 Å². The second-order valence-electron chi connectivity index (χ2n) is 4.13. The first-order chi connectivity index (χ1) is 8.02. The Balaban J connectivity index is 2.54. The molecule has 0 aromatic heterocycles. The van der Waals surface area contributed by atoms with E-state index in [1.54, 1.807) is 6.92 Å². The molecule has 17 heavy (non-hydrogen) atoms. The summed E-state index contributed by atoms with van der Waals surface area (Å²) in [4.78, 5) is 11.8. The van der Waals surface area contributed by atoms with Crippen LogP contribution in [0.2, 0.25) is 0 Å². The zero-order valence-electron chi connectivity index (χ0n) is 10.4. The Morgan fingerprint density at radius 1 is 1.29 bits per heavy atom. The van der Waals surface area contributed by atoms with Gasteiger partial charge < -0.3 is 5.32 Å². The fourth-order valence-electron chi connectivity index (χ4n) is 1.39. The van der Waals surface area contributed by atoms with Crippen LogP contribution in [-0.2, 0) is 4.79 Å². The molecular formula is C14H18N2O. The summed E-state index contributed by atoms with van der Waals surface area (Å²) >= 11 is 0. The third-order valence-electron chi connectivity index (χ3n) is 2.46. The Bertz CT molecular complexity index is 417. The van der Waals surface area contributed by atoms with E-state index >= 15 is 0 Å². The molecular weight excluding hydrogens is 212 g/mol. The van der Waals surface area contributed by atoms with E-state index in [2.05, 4.69) is 16.6 Å². The second-order valence-corrected chi connectivity index (χ2v) is 4.13. The van der Waals surface area contributed by atoms with E-state index in [-0.39, 0.29) is 18.0 Å². The third-order valence-corrected chi connectivity index (χ3v) is 2.46. The van der Waals surface area contributed by atoms with Gasteiger partial charge in [-0.15, -0.1) is 6.42 Å². The topological polar surface area (TPSA) is 41.1 Å².